The molecular formula is C10H16N2OS. The molecule has 78 valence electrons. The van der Waals surface area contributed by atoms with E-state index in [0.29, 0.717) is 5.25 Å². The lowest BCUT2D eigenvalue weighted by atomic mass is 10.4. The Labute approximate surface area is 88.7 Å². The van der Waals surface area contributed by atoms with Gasteiger partial charge in [0.1, 0.15) is 0 Å². The molecule has 0 aromatic carbocycles. The molecule has 1 aromatic heterocycles. The van der Waals surface area contributed by atoms with E-state index in [0.717, 1.165) is 17.0 Å². The highest BCUT2D eigenvalue weighted by Gasteiger charge is 2.21. The highest BCUT2D eigenvalue weighted by Crippen LogP contribution is 2.38. The van der Waals surface area contributed by atoms with Crippen LogP contribution in [-0.4, -0.2) is 15.4 Å². The summed E-state index contributed by atoms with van der Waals surface area (Å²) in [6, 6.07) is 0. The second-order valence-corrected chi connectivity index (χ2v) is 5.51. The van der Waals surface area contributed by atoms with E-state index in [-0.39, 0.29) is 0 Å². The van der Waals surface area contributed by atoms with Crippen LogP contribution >= 0.6 is 11.8 Å². The number of rotatable bonds is 3. The minimum Gasteiger partial charge on any atom is -0.338 e. The Hall–Kier alpha value is -0.510. The number of hydrogen-bond donors (Lipinski definition) is 0. The minimum absolute atomic E-state index is 0.347. The number of aromatic nitrogens is 2. The Balaban J connectivity index is 1.91. The van der Waals surface area contributed by atoms with Crippen molar-refractivity contribution in [1.29, 1.82) is 0 Å². The molecule has 1 aliphatic rings. The van der Waals surface area contributed by atoms with Crippen molar-refractivity contribution >= 4 is 11.8 Å². The van der Waals surface area contributed by atoms with E-state index in [1.165, 1.54) is 25.7 Å². The molecule has 0 spiro atoms. The highest BCUT2D eigenvalue weighted by atomic mass is 32.2. The topological polar surface area (TPSA) is 38.9 Å². The van der Waals surface area contributed by atoms with Crippen LogP contribution in [0.4, 0.5) is 0 Å². The second kappa shape index (κ2) is 4.34. The van der Waals surface area contributed by atoms with Crippen molar-refractivity contribution in [2.24, 2.45) is 0 Å². The first-order valence-corrected chi connectivity index (χ1v) is 6.15. The number of nitrogens with zero attached hydrogens (tertiary/aromatic N) is 2. The number of hydrogen-bond acceptors (Lipinski definition) is 4. The van der Waals surface area contributed by atoms with Crippen molar-refractivity contribution in [2.45, 2.75) is 50.0 Å². The van der Waals surface area contributed by atoms with Gasteiger partial charge >= 0.3 is 0 Å². The van der Waals surface area contributed by atoms with E-state index in [1.54, 1.807) is 0 Å². The number of thioether (sulfide) groups is 1. The summed E-state index contributed by atoms with van der Waals surface area (Å²) in [5.41, 5.74) is 0. The second-order valence-electron chi connectivity index (χ2n) is 3.86. The van der Waals surface area contributed by atoms with Gasteiger partial charge in [0.2, 0.25) is 5.89 Å². The van der Waals surface area contributed by atoms with E-state index in [2.05, 4.69) is 17.1 Å². The number of aryl methyl sites for hydroxylation is 1. The SMILES string of the molecule is Cc1noc(C(C)SC2CCCC2)n1. The van der Waals surface area contributed by atoms with Crippen LogP contribution in [0.2, 0.25) is 0 Å². The summed E-state index contributed by atoms with van der Waals surface area (Å²) in [5.74, 6) is 1.51. The van der Waals surface area contributed by atoms with E-state index in [4.69, 9.17) is 4.52 Å². The summed E-state index contributed by atoms with van der Waals surface area (Å²) in [4.78, 5) is 4.25. The Kier molecular flexibility index (Phi) is 3.11. The van der Waals surface area contributed by atoms with Gasteiger partial charge in [0.15, 0.2) is 5.82 Å². The zero-order valence-electron chi connectivity index (χ0n) is 8.69. The standard InChI is InChI=1S/C10H16N2OS/c1-7(10-11-8(2)12-13-10)14-9-5-3-4-6-9/h7,9H,3-6H2,1-2H3. The molecular weight excluding hydrogens is 196 g/mol. The average Bonchev–Trinajstić information content (AvgIpc) is 2.75. The Morgan fingerprint density at radius 1 is 1.43 bits per heavy atom. The van der Waals surface area contributed by atoms with Crippen molar-refractivity contribution in [3.63, 3.8) is 0 Å². The maximum Gasteiger partial charge on any atom is 0.239 e. The van der Waals surface area contributed by atoms with Crippen LogP contribution in [-0.2, 0) is 0 Å². The summed E-state index contributed by atoms with van der Waals surface area (Å²) >= 11 is 1.98. The molecule has 1 atom stereocenters. The lowest BCUT2D eigenvalue weighted by Gasteiger charge is -2.11. The van der Waals surface area contributed by atoms with Crippen LogP contribution in [0, 0.1) is 6.92 Å². The van der Waals surface area contributed by atoms with Crippen molar-refractivity contribution in [2.75, 3.05) is 0 Å². The van der Waals surface area contributed by atoms with Crippen molar-refractivity contribution in [3.05, 3.63) is 11.7 Å². The fourth-order valence-corrected chi connectivity index (χ4v) is 3.24. The van der Waals surface area contributed by atoms with Crippen molar-refractivity contribution < 1.29 is 4.52 Å². The van der Waals surface area contributed by atoms with Gasteiger partial charge in [-0.1, -0.05) is 18.0 Å². The van der Waals surface area contributed by atoms with Gasteiger partial charge in [-0.3, -0.25) is 0 Å². The largest absolute Gasteiger partial charge is 0.338 e. The first kappa shape index (κ1) is 10.0. The molecule has 3 nitrogen and oxygen atoms in total. The molecule has 0 bridgehead atoms. The third-order valence-corrected chi connectivity index (χ3v) is 4.06. The third kappa shape index (κ3) is 2.29. The summed E-state index contributed by atoms with van der Waals surface area (Å²) in [5, 5.41) is 4.96. The monoisotopic (exact) mass is 212 g/mol. The van der Waals surface area contributed by atoms with Gasteiger partial charge < -0.3 is 4.52 Å². The Bertz CT molecular complexity index is 294. The molecule has 0 N–H and O–H groups in total. The van der Waals surface area contributed by atoms with Crippen LogP contribution in [0.1, 0.15) is 49.6 Å². The predicted molar refractivity (Wildman–Crippen MR) is 57.3 cm³/mol. The van der Waals surface area contributed by atoms with E-state index >= 15 is 0 Å². The van der Waals surface area contributed by atoms with Gasteiger partial charge in [-0.2, -0.15) is 4.98 Å². The van der Waals surface area contributed by atoms with Crippen LogP contribution in [0.5, 0.6) is 0 Å². The third-order valence-electron chi connectivity index (χ3n) is 2.59. The molecule has 1 unspecified atom stereocenters. The van der Waals surface area contributed by atoms with Crippen LogP contribution < -0.4 is 0 Å². The quantitative estimate of drug-likeness (QED) is 0.771. The molecule has 2 rings (SSSR count). The fraction of sp³-hybridized carbons (Fsp3) is 0.800. The van der Waals surface area contributed by atoms with Crippen LogP contribution in [0.25, 0.3) is 0 Å². The molecule has 1 heterocycles. The highest BCUT2D eigenvalue weighted by molar-refractivity contribution is 8.00. The van der Waals surface area contributed by atoms with Crippen molar-refractivity contribution in [3.8, 4) is 0 Å². The predicted octanol–water partition coefficient (Wildman–Crippen LogP) is 3.11. The molecule has 0 radical (unpaired) electrons. The van der Waals surface area contributed by atoms with Crippen LogP contribution in [0.3, 0.4) is 0 Å². The lowest BCUT2D eigenvalue weighted by Crippen LogP contribution is -1.99. The van der Waals surface area contributed by atoms with E-state index in [1.807, 2.05) is 18.7 Å². The summed E-state index contributed by atoms with van der Waals surface area (Å²) in [6.07, 6.45) is 5.46. The van der Waals surface area contributed by atoms with Crippen molar-refractivity contribution in [1.82, 2.24) is 10.1 Å². The Morgan fingerprint density at radius 3 is 2.71 bits per heavy atom. The Morgan fingerprint density at radius 2 is 2.14 bits per heavy atom. The molecule has 4 heteroatoms. The van der Waals surface area contributed by atoms with Gasteiger partial charge in [0.25, 0.3) is 0 Å². The van der Waals surface area contributed by atoms with Gasteiger partial charge in [-0.25, -0.2) is 0 Å². The molecule has 0 aliphatic heterocycles. The molecule has 0 amide bonds. The first-order valence-electron chi connectivity index (χ1n) is 5.21. The van der Waals surface area contributed by atoms with E-state index in [9.17, 15) is 0 Å². The molecule has 1 aromatic rings. The maximum atomic E-state index is 5.15. The fourth-order valence-electron chi connectivity index (χ4n) is 1.85. The smallest absolute Gasteiger partial charge is 0.239 e. The maximum absolute atomic E-state index is 5.15. The first-order chi connectivity index (χ1) is 6.75. The minimum atomic E-state index is 0.347. The zero-order chi connectivity index (χ0) is 9.97. The summed E-state index contributed by atoms with van der Waals surface area (Å²) in [6.45, 7) is 4.01. The molecule has 1 fully saturated rings. The van der Waals surface area contributed by atoms with Gasteiger partial charge in [0, 0.05) is 5.25 Å². The normalized spacial score (nSPS) is 20.1. The average molecular weight is 212 g/mol. The van der Waals surface area contributed by atoms with Gasteiger partial charge in [0.05, 0.1) is 5.25 Å². The summed E-state index contributed by atoms with van der Waals surface area (Å²) in [7, 11) is 0. The van der Waals surface area contributed by atoms with E-state index < -0.39 is 0 Å². The molecule has 1 aliphatic carbocycles. The van der Waals surface area contributed by atoms with Gasteiger partial charge in [-0.15, -0.1) is 11.8 Å². The van der Waals surface area contributed by atoms with Gasteiger partial charge in [-0.05, 0) is 26.7 Å². The zero-order valence-corrected chi connectivity index (χ0v) is 9.51. The lowest BCUT2D eigenvalue weighted by molar-refractivity contribution is 0.376. The molecule has 1 saturated carbocycles. The molecule has 0 saturated heterocycles. The molecule has 14 heavy (non-hydrogen) atoms. The summed E-state index contributed by atoms with van der Waals surface area (Å²) < 4.78 is 5.15. The van der Waals surface area contributed by atoms with Crippen LogP contribution in [0.15, 0.2) is 4.52 Å².